The molecule has 0 aromatic heterocycles. The Morgan fingerprint density at radius 1 is 0.543 bits per heavy atom. The third kappa shape index (κ3) is 9.14. The van der Waals surface area contributed by atoms with Crippen LogP contribution in [-0.2, 0) is 14.2 Å². The number of unbranched alkanes of at least 4 members (excludes halogenated alkanes) is 10. The fraction of sp³-hybridized carbons (Fsp3) is 1.00. The van der Waals surface area contributed by atoms with Gasteiger partial charge in [0.15, 0.2) is 6.29 Å². The van der Waals surface area contributed by atoms with E-state index in [0.29, 0.717) is 6.42 Å². The summed E-state index contributed by atoms with van der Waals surface area (Å²) in [6, 6.07) is 0. The minimum atomic E-state index is -1.66. The maximum absolute atomic E-state index is 10.7. The highest BCUT2D eigenvalue weighted by atomic mass is 16.7. The lowest BCUT2D eigenvalue weighted by Gasteiger charge is -2.46. The fourth-order valence-corrected chi connectivity index (χ4v) is 4.91. The first-order chi connectivity index (χ1) is 16.8. The SMILES string of the molecule is CCCCCCCCCCCCCC1OC(CO)[C@@H](O[C@H]2OC(CO)[C@@H](O)[C@H](O)C2O)[C@H](O)C1O. The first-order valence-corrected chi connectivity index (χ1v) is 13.4. The third-order valence-corrected chi connectivity index (χ3v) is 7.20. The number of rotatable bonds is 16. The van der Waals surface area contributed by atoms with Gasteiger partial charge in [-0.1, -0.05) is 77.6 Å². The van der Waals surface area contributed by atoms with Crippen LogP contribution >= 0.6 is 0 Å². The predicted molar refractivity (Wildman–Crippen MR) is 127 cm³/mol. The van der Waals surface area contributed by atoms with Crippen LogP contribution in [0.5, 0.6) is 0 Å². The van der Waals surface area contributed by atoms with Gasteiger partial charge in [-0.15, -0.1) is 0 Å². The summed E-state index contributed by atoms with van der Waals surface area (Å²) in [5, 5.41) is 70.5. The first-order valence-electron chi connectivity index (χ1n) is 13.4. The summed E-state index contributed by atoms with van der Waals surface area (Å²) in [4.78, 5) is 0. The molecule has 0 spiro atoms. The fourth-order valence-electron chi connectivity index (χ4n) is 4.91. The number of ether oxygens (including phenoxy) is 3. The van der Waals surface area contributed by atoms with Crippen molar-refractivity contribution in [2.75, 3.05) is 13.2 Å². The molecule has 35 heavy (non-hydrogen) atoms. The maximum Gasteiger partial charge on any atom is 0.187 e. The summed E-state index contributed by atoms with van der Waals surface area (Å²) in [5.41, 5.74) is 0. The van der Waals surface area contributed by atoms with Crippen molar-refractivity contribution in [1.82, 2.24) is 0 Å². The van der Waals surface area contributed by atoms with Crippen molar-refractivity contribution in [2.24, 2.45) is 0 Å². The van der Waals surface area contributed by atoms with E-state index in [2.05, 4.69) is 6.92 Å². The van der Waals surface area contributed by atoms with Crippen molar-refractivity contribution in [3.8, 4) is 0 Å². The zero-order chi connectivity index (χ0) is 25.8. The lowest BCUT2D eigenvalue weighted by Crippen LogP contribution is -2.64. The van der Waals surface area contributed by atoms with E-state index in [1.165, 1.54) is 51.4 Å². The molecule has 10 nitrogen and oxygen atoms in total. The van der Waals surface area contributed by atoms with Crippen molar-refractivity contribution < 1.29 is 50.0 Å². The molecule has 10 atom stereocenters. The average molecular weight is 509 g/mol. The zero-order valence-electron chi connectivity index (χ0n) is 21.0. The minimum absolute atomic E-state index is 0.499. The largest absolute Gasteiger partial charge is 0.394 e. The second kappa shape index (κ2) is 16.4. The van der Waals surface area contributed by atoms with Crippen LogP contribution in [-0.4, -0.2) is 110 Å². The molecule has 2 rings (SSSR count). The molecule has 0 aromatic rings. The molecule has 2 heterocycles. The van der Waals surface area contributed by atoms with Gasteiger partial charge in [-0.3, -0.25) is 0 Å². The lowest BCUT2D eigenvalue weighted by atomic mass is 9.91. The van der Waals surface area contributed by atoms with Crippen LogP contribution in [0.25, 0.3) is 0 Å². The monoisotopic (exact) mass is 508 g/mol. The van der Waals surface area contributed by atoms with E-state index in [1.54, 1.807) is 0 Å². The molecule has 2 saturated heterocycles. The average Bonchev–Trinajstić information content (AvgIpc) is 2.86. The van der Waals surface area contributed by atoms with Gasteiger partial charge < -0.3 is 50.0 Å². The summed E-state index contributed by atoms with van der Waals surface area (Å²) >= 11 is 0. The predicted octanol–water partition coefficient (Wildman–Crippen LogP) is 0.354. The van der Waals surface area contributed by atoms with Crippen molar-refractivity contribution >= 4 is 0 Å². The molecule has 0 bridgehead atoms. The van der Waals surface area contributed by atoms with Gasteiger partial charge in [0.1, 0.15) is 48.8 Å². The quantitative estimate of drug-likeness (QED) is 0.144. The molecule has 5 unspecified atom stereocenters. The Balaban J connectivity index is 1.74. The number of aliphatic hydroxyl groups excluding tert-OH is 7. The van der Waals surface area contributed by atoms with E-state index in [1.807, 2.05) is 0 Å². The molecule has 0 saturated carbocycles. The molecule has 2 aliphatic heterocycles. The van der Waals surface area contributed by atoms with Crippen LogP contribution in [0.15, 0.2) is 0 Å². The van der Waals surface area contributed by atoms with Crippen molar-refractivity contribution in [2.45, 2.75) is 145 Å². The van der Waals surface area contributed by atoms with E-state index in [9.17, 15) is 35.7 Å². The van der Waals surface area contributed by atoms with Crippen LogP contribution < -0.4 is 0 Å². The maximum atomic E-state index is 10.7. The van der Waals surface area contributed by atoms with Crippen molar-refractivity contribution in [3.63, 3.8) is 0 Å². The van der Waals surface area contributed by atoms with Gasteiger partial charge in [-0.2, -0.15) is 0 Å². The van der Waals surface area contributed by atoms with Crippen molar-refractivity contribution in [3.05, 3.63) is 0 Å². The second-order valence-corrected chi connectivity index (χ2v) is 10.00. The minimum Gasteiger partial charge on any atom is -0.394 e. The molecule has 7 N–H and O–H groups in total. The van der Waals surface area contributed by atoms with E-state index < -0.39 is 74.4 Å². The van der Waals surface area contributed by atoms with Gasteiger partial charge in [-0.05, 0) is 6.42 Å². The van der Waals surface area contributed by atoms with Gasteiger partial charge >= 0.3 is 0 Å². The van der Waals surface area contributed by atoms with E-state index in [-0.39, 0.29) is 0 Å². The summed E-state index contributed by atoms with van der Waals surface area (Å²) in [7, 11) is 0. The topological polar surface area (TPSA) is 169 Å². The van der Waals surface area contributed by atoms with Crippen LogP contribution in [0, 0.1) is 0 Å². The van der Waals surface area contributed by atoms with Gasteiger partial charge in [0.25, 0.3) is 0 Å². The highest BCUT2D eigenvalue weighted by Crippen LogP contribution is 2.30. The van der Waals surface area contributed by atoms with E-state index in [4.69, 9.17) is 14.2 Å². The molecule has 0 aromatic carbocycles. The Kier molecular flexibility index (Phi) is 14.5. The summed E-state index contributed by atoms with van der Waals surface area (Å²) in [5.74, 6) is 0. The summed E-state index contributed by atoms with van der Waals surface area (Å²) in [6.45, 7) is 1.10. The van der Waals surface area contributed by atoms with Gasteiger partial charge in [-0.25, -0.2) is 0 Å². The number of hydrogen-bond acceptors (Lipinski definition) is 10. The molecule has 10 heteroatoms. The molecular formula is C25H48O10. The van der Waals surface area contributed by atoms with Gasteiger partial charge in [0.05, 0.1) is 19.3 Å². The third-order valence-electron chi connectivity index (χ3n) is 7.20. The standard InChI is InChI=1S/C25H48O10/c1-2-3-4-5-6-7-8-9-10-11-12-13-16-19(28)22(31)24(18(15-27)33-16)35-25-23(32)21(30)20(29)17(14-26)34-25/h16-32H,2-15H2,1H3/t16?,17?,18?,19?,20-,21+,22-,23?,24-,25-/m1/s1. The highest BCUT2D eigenvalue weighted by Gasteiger charge is 2.50. The van der Waals surface area contributed by atoms with Crippen LogP contribution in [0.3, 0.4) is 0 Å². The summed E-state index contributed by atoms with van der Waals surface area (Å²) in [6.07, 6.45) is 0.545. The molecule has 2 fully saturated rings. The van der Waals surface area contributed by atoms with Crippen LogP contribution in [0.2, 0.25) is 0 Å². The molecule has 2 aliphatic rings. The Hall–Kier alpha value is -0.400. The van der Waals surface area contributed by atoms with Gasteiger partial charge in [0, 0.05) is 0 Å². The Morgan fingerprint density at radius 3 is 1.60 bits per heavy atom. The Bertz CT molecular complexity index is 548. The van der Waals surface area contributed by atoms with Crippen molar-refractivity contribution in [1.29, 1.82) is 0 Å². The smallest absolute Gasteiger partial charge is 0.187 e. The molecule has 0 radical (unpaired) electrons. The molecular weight excluding hydrogens is 460 g/mol. The molecule has 208 valence electrons. The Morgan fingerprint density at radius 2 is 1.06 bits per heavy atom. The second-order valence-electron chi connectivity index (χ2n) is 10.00. The highest BCUT2D eigenvalue weighted by molar-refractivity contribution is 4.95. The molecule has 0 aliphatic carbocycles. The van der Waals surface area contributed by atoms with E-state index >= 15 is 0 Å². The summed E-state index contributed by atoms with van der Waals surface area (Å²) < 4.78 is 16.7. The number of hydrogen-bond donors (Lipinski definition) is 7. The van der Waals surface area contributed by atoms with Crippen LogP contribution in [0.4, 0.5) is 0 Å². The Labute approximate surface area is 208 Å². The van der Waals surface area contributed by atoms with Gasteiger partial charge in [0.2, 0.25) is 0 Å². The zero-order valence-corrected chi connectivity index (χ0v) is 21.0. The molecule has 0 amide bonds. The first kappa shape index (κ1) is 30.8. The lowest BCUT2D eigenvalue weighted by molar-refractivity contribution is -0.342. The normalized spacial score (nSPS) is 38.1. The van der Waals surface area contributed by atoms with E-state index in [0.717, 1.165) is 19.3 Å². The van der Waals surface area contributed by atoms with Crippen LogP contribution in [0.1, 0.15) is 84.0 Å². The number of aliphatic hydroxyl groups is 7.